The van der Waals surface area contributed by atoms with Crippen molar-refractivity contribution in [3.63, 3.8) is 0 Å². The zero-order valence-electron chi connectivity index (χ0n) is 8.98. The summed E-state index contributed by atoms with van der Waals surface area (Å²) in [5.74, 6) is 0. The molecule has 0 saturated heterocycles. The normalized spacial score (nSPS) is 14.8. The van der Waals surface area contributed by atoms with Crippen LogP contribution in [0.3, 0.4) is 0 Å². The van der Waals surface area contributed by atoms with Gasteiger partial charge in [-0.3, -0.25) is 4.98 Å². The minimum Gasteiger partial charge on any atom is -0.339 e. The maximum absolute atomic E-state index is 4.55. The van der Waals surface area contributed by atoms with Crippen molar-refractivity contribution in [2.75, 3.05) is 0 Å². The van der Waals surface area contributed by atoms with Crippen LogP contribution < -0.4 is 0 Å². The maximum atomic E-state index is 4.55. The number of benzene rings is 1. The third kappa shape index (κ3) is 0.896. The lowest BCUT2D eigenvalue weighted by atomic mass is 10.1. The van der Waals surface area contributed by atoms with Gasteiger partial charge in [0.25, 0.3) is 0 Å². The van der Waals surface area contributed by atoms with Crippen LogP contribution in [-0.4, -0.2) is 9.55 Å². The van der Waals surface area contributed by atoms with Crippen molar-refractivity contribution < 1.29 is 0 Å². The molecule has 0 amide bonds. The van der Waals surface area contributed by atoms with Gasteiger partial charge in [0, 0.05) is 18.1 Å². The highest BCUT2D eigenvalue weighted by molar-refractivity contribution is 6.06. The quantitative estimate of drug-likeness (QED) is 0.555. The van der Waals surface area contributed by atoms with Crippen LogP contribution in [0.2, 0.25) is 0 Å². The van der Waals surface area contributed by atoms with Gasteiger partial charge in [0.05, 0.1) is 16.6 Å². The summed E-state index contributed by atoms with van der Waals surface area (Å²) in [5, 5.41) is 1.29. The lowest BCUT2D eigenvalue weighted by Crippen LogP contribution is -2.07. The lowest BCUT2D eigenvalue weighted by Gasteiger charge is -2.15. The number of hydrogen-bond acceptors (Lipinski definition) is 1. The van der Waals surface area contributed by atoms with E-state index < -0.39 is 0 Å². The van der Waals surface area contributed by atoms with E-state index in [-0.39, 0.29) is 0 Å². The van der Waals surface area contributed by atoms with Gasteiger partial charge in [-0.1, -0.05) is 18.2 Å². The first-order valence-electron chi connectivity index (χ1n) is 5.80. The second-order valence-corrected chi connectivity index (χ2v) is 4.44. The molecule has 3 aromatic rings. The van der Waals surface area contributed by atoms with E-state index in [9.17, 15) is 0 Å². The fourth-order valence-corrected chi connectivity index (χ4v) is 2.88. The Morgan fingerprint density at radius 1 is 1.12 bits per heavy atom. The second kappa shape index (κ2) is 2.85. The van der Waals surface area contributed by atoms with Crippen LogP contribution in [-0.2, 0) is 13.0 Å². The lowest BCUT2D eigenvalue weighted by molar-refractivity contribution is 0.650. The number of hydrogen-bond donors (Lipinski definition) is 0. The van der Waals surface area contributed by atoms with Gasteiger partial charge < -0.3 is 4.57 Å². The van der Waals surface area contributed by atoms with Gasteiger partial charge in [0.2, 0.25) is 0 Å². The van der Waals surface area contributed by atoms with Crippen molar-refractivity contribution in [2.45, 2.75) is 19.4 Å². The summed E-state index contributed by atoms with van der Waals surface area (Å²) in [4.78, 5) is 4.55. The van der Waals surface area contributed by atoms with Crippen molar-refractivity contribution in [1.82, 2.24) is 9.55 Å². The zero-order valence-corrected chi connectivity index (χ0v) is 8.98. The van der Waals surface area contributed by atoms with Gasteiger partial charge in [-0.2, -0.15) is 0 Å². The van der Waals surface area contributed by atoms with Gasteiger partial charge in [0.15, 0.2) is 0 Å². The molecule has 2 heteroatoms. The fourth-order valence-electron chi connectivity index (χ4n) is 2.88. The molecule has 0 saturated carbocycles. The fraction of sp³-hybridized carbons (Fsp3) is 0.214. The van der Waals surface area contributed by atoms with E-state index in [0.29, 0.717) is 0 Å². The first-order chi connectivity index (χ1) is 7.95. The van der Waals surface area contributed by atoms with Crippen LogP contribution in [0, 0.1) is 0 Å². The molecule has 78 valence electrons. The van der Waals surface area contributed by atoms with Crippen LogP contribution in [0.25, 0.3) is 21.9 Å². The zero-order chi connectivity index (χ0) is 10.5. The van der Waals surface area contributed by atoms with E-state index in [2.05, 4.69) is 39.9 Å². The molecule has 2 aromatic heterocycles. The Hall–Kier alpha value is -1.83. The molecule has 16 heavy (non-hydrogen) atoms. The summed E-state index contributed by atoms with van der Waals surface area (Å²) in [5.41, 5.74) is 5.31. The molecule has 0 N–H and O–H groups in total. The molecule has 1 aromatic carbocycles. The SMILES string of the molecule is c1ccc2c(c1)c1nccc3c1n2CCC3. The molecule has 0 bridgehead atoms. The number of aryl methyl sites for hydroxylation is 2. The van der Waals surface area contributed by atoms with Gasteiger partial charge in [-0.05, 0) is 30.5 Å². The monoisotopic (exact) mass is 208 g/mol. The molecule has 1 aliphatic heterocycles. The number of nitrogens with zero attached hydrogens (tertiary/aromatic N) is 2. The molecule has 0 radical (unpaired) electrons. The van der Waals surface area contributed by atoms with E-state index in [1.165, 1.54) is 40.3 Å². The van der Waals surface area contributed by atoms with Crippen LogP contribution >= 0.6 is 0 Å². The van der Waals surface area contributed by atoms with Gasteiger partial charge in [0.1, 0.15) is 0 Å². The summed E-state index contributed by atoms with van der Waals surface area (Å²) in [6.45, 7) is 1.13. The number of fused-ring (bicyclic) bond motifs is 3. The summed E-state index contributed by atoms with van der Waals surface area (Å²) < 4.78 is 2.43. The van der Waals surface area contributed by atoms with Gasteiger partial charge >= 0.3 is 0 Å². The van der Waals surface area contributed by atoms with Gasteiger partial charge in [-0.25, -0.2) is 0 Å². The molecule has 0 unspecified atom stereocenters. The third-order valence-electron chi connectivity index (χ3n) is 3.56. The minimum atomic E-state index is 1.13. The predicted octanol–water partition coefficient (Wildman–Crippen LogP) is 3.14. The largest absolute Gasteiger partial charge is 0.339 e. The molecule has 1 aliphatic rings. The molecular formula is C14H12N2. The molecule has 2 nitrogen and oxygen atoms in total. The summed E-state index contributed by atoms with van der Waals surface area (Å²) in [6.07, 6.45) is 4.37. The predicted molar refractivity (Wildman–Crippen MR) is 65.6 cm³/mol. The van der Waals surface area contributed by atoms with E-state index in [1.54, 1.807) is 0 Å². The van der Waals surface area contributed by atoms with Crippen molar-refractivity contribution in [2.24, 2.45) is 0 Å². The highest BCUT2D eigenvalue weighted by atomic mass is 15.0. The highest BCUT2D eigenvalue weighted by Gasteiger charge is 2.17. The molecule has 0 fully saturated rings. The Labute approximate surface area is 93.5 Å². The summed E-state index contributed by atoms with van der Waals surface area (Å²) in [6, 6.07) is 10.7. The number of pyridine rings is 1. The average Bonchev–Trinajstić information content (AvgIpc) is 2.68. The average molecular weight is 208 g/mol. The Morgan fingerprint density at radius 3 is 3.06 bits per heavy atom. The Morgan fingerprint density at radius 2 is 2.06 bits per heavy atom. The van der Waals surface area contributed by atoms with E-state index in [0.717, 1.165) is 6.54 Å². The minimum absolute atomic E-state index is 1.13. The standard InChI is InChI=1S/C14H12N2/c1-2-6-12-11(5-1)13-14-10(7-8-15-13)4-3-9-16(12)14/h1-2,5-8H,3-4,9H2. The molecule has 0 spiro atoms. The number of rotatable bonds is 0. The van der Waals surface area contributed by atoms with E-state index >= 15 is 0 Å². The van der Waals surface area contributed by atoms with Crippen molar-refractivity contribution in [3.05, 3.63) is 42.1 Å². The van der Waals surface area contributed by atoms with Crippen molar-refractivity contribution in [3.8, 4) is 0 Å². The van der Waals surface area contributed by atoms with E-state index in [4.69, 9.17) is 0 Å². The van der Waals surface area contributed by atoms with Crippen LogP contribution in [0.5, 0.6) is 0 Å². The summed E-state index contributed by atoms with van der Waals surface area (Å²) >= 11 is 0. The van der Waals surface area contributed by atoms with E-state index in [1.807, 2.05) is 6.20 Å². The molecule has 4 rings (SSSR count). The third-order valence-corrected chi connectivity index (χ3v) is 3.56. The van der Waals surface area contributed by atoms with Crippen molar-refractivity contribution >= 4 is 21.9 Å². The first kappa shape index (κ1) is 8.34. The second-order valence-electron chi connectivity index (χ2n) is 4.44. The Kier molecular flexibility index (Phi) is 1.48. The Balaban J connectivity index is 2.36. The van der Waals surface area contributed by atoms with Crippen molar-refractivity contribution in [1.29, 1.82) is 0 Å². The van der Waals surface area contributed by atoms with Crippen LogP contribution in [0.1, 0.15) is 12.0 Å². The topological polar surface area (TPSA) is 17.8 Å². The van der Waals surface area contributed by atoms with Crippen LogP contribution in [0.4, 0.5) is 0 Å². The highest BCUT2D eigenvalue weighted by Crippen LogP contribution is 2.32. The van der Waals surface area contributed by atoms with Gasteiger partial charge in [-0.15, -0.1) is 0 Å². The molecule has 0 aliphatic carbocycles. The number of aromatic nitrogens is 2. The molecule has 0 atom stereocenters. The first-order valence-corrected chi connectivity index (χ1v) is 5.80. The molecule has 3 heterocycles. The summed E-state index contributed by atoms with van der Waals surface area (Å²) in [7, 11) is 0. The van der Waals surface area contributed by atoms with Crippen LogP contribution in [0.15, 0.2) is 36.5 Å². The maximum Gasteiger partial charge on any atom is 0.0962 e. The Bertz CT molecular complexity index is 694. The molecular weight excluding hydrogens is 196 g/mol. The smallest absolute Gasteiger partial charge is 0.0962 e. The number of para-hydroxylation sites is 1.